The predicted octanol–water partition coefficient (Wildman–Crippen LogP) is 3.03. The Labute approximate surface area is 102 Å². The van der Waals surface area contributed by atoms with Crippen LogP contribution in [0.2, 0.25) is 0 Å². The summed E-state index contributed by atoms with van der Waals surface area (Å²) in [5.74, 6) is -0.193. The minimum absolute atomic E-state index is 0.306. The number of epoxide rings is 1. The van der Waals surface area contributed by atoms with Crippen molar-refractivity contribution < 1.29 is 14.5 Å². The lowest BCUT2D eigenvalue weighted by Gasteiger charge is -2.14. The van der Waals surface area contributed by atoms with Gasteiger partial charge < -0.3 is 4.74 Å². The van der Waals surface area contributed by atoms with Crippen LogP contribution in [0.25, 0.3) is 6.08 Å². The van der Waals surface area contributed by atoms with Crippen LogP contribution < -0.4 is 0 Å². The van der Waals surface area contributed by atoms with E-state index >= 15 is 0 Å². The fourth-order valence-electron chi connectivity index (χ4n) is 1.47. The van der Waals surface area contributed by atoms with E-state index in [1.165, 1.54) is 0 Å². The third-order valence-electron chi connectivity index (χ3n) is 2.78. The van der Waals surface area contributed by atoms with E-state index in [0.717, 1.165) is 5.56 Å². The molecule has 1 heterocycles. The Morgan fingerprint density at radius 1 is 1.35 bits per heavy atom. The van der Waals surface area contributed by atoms with Crippen LogP contribution in [0, 0.1) is 5.92 Å². The second kappa shape index (κ2) is 5.45. The summed E-state index contributed by atoms with van der Waals surface area (Å²) in [5.41, 5.74) is 1.15. The molecule has 1 saturated heterocycles. The van der Waals surface area contributed by atoms with Gasteiger partial charge in [0.2, 0.25) is 5.79 Å². The molecule has 0 radical (unpaired) electrons. The number of benzene rings is 1. The summed E-state index contributed by atoms with van der Waals surface area (Å²) in [6.07, 6.45) is 3.92. The lowest BCUT2D eigenvalue weighted by molar-refractivity contribution is -0.359. The lowest BCUT2D eigenvalue weighted by Crippen LogP contribution is -2.23. The molecule has 0 bridgehead atoms. The van der Waals surface area contributed by atoms with E-state index < -0.39 is 5.79 Å². The number of ether oxygens (including phenoxy) is 1. The first-order chi connectivity index (χ1) is 8.23. The van der Waals surface area contributed by atoms with Crippen molar-refractivity contribution in [2.45, 2.75) is 19.6 Å². The van der Waals surface area contributed by atoms with Gasteiger partial charge in [0.05, 0.1) is 0 Å². The van der Waals surface area contributed by atoms with Crippen LogP contribution >= 0.6 is 0 Å². The average molecular weight is 234 g/mol. The Morgan fingerprint density at radius 2 is 2.06 bits per heavy atom. The van der Waals surface area contributed by atoms with Crippen LogP contribution in [0.3, 0.4) is 0 Å². The minimum Gasteiger partial charge on any atom is -0.340 e. The van der Waals surface area contributed by atoms with Crippen LogP contribution in [0.1, 0.15) is 19.4 Å². The minimum atomic E-state index is -0.499. The van der Waals surface area contributed by atoms with Crippen LogP contribution in [-0.4, -0.2) is 19.0 Å². The van der Waals surface area contributed by atoms with Gasteiger partial charge in [0.1, 0.15) is 13.2 Å². The SMILES string of the molecule is CC(C)C1(OOCC=Cc2ccccc2)CO1. The summed E-state index contributed by atoms with van der Waals surface area (Å²) >= 11 is 0. The highest BCUT2D eigenvalue weighted by Crippen LogP contribution is 2.36. The Morgan fingerprint density at radius 3 is 2.65 bits per heavy atom. The maximum Gasteiger partial charge on any atom is 0.227 e. The zero-order valence-corrected chi connectivity index (χ0v) is 10.3. The van der Waals surface area contributed by atoms with Gasteiger partial charge >= 0.3 is 0 Å². The summed E-state index contributed by atoms with van der Waals surface area (Å²) in [4.78, 5) is 10.4. The van der Waals surface area contributed by atoms with Gasteiger partial charge in [-0.1, -0.05) is 56.3 Å². The monoisotopic (exact) mass is 234 g/mol. The van der Waals surface area contributed by atoms with E-state index in [1.54, 1.807) is 0 Å². The average Bonchev–Trinajstić information content (AvgIpc) is 3.11. The molecule has 92 valence electrons. The molecule has 0 amide bonds. The van der Waals surface area contributed by atoms with E-state index in [9.17, 15) is 0 Å². The molecule has 1 aromatic carbocycles. The van der Waals surface area contributed by atoms with Crippen molar-refractivity contribution in [3.8, 4) is 0 Å². The molecule has 1 aliphatic rings. The second-order valence-corrected chi connectivity index (χ2v) is 4.44. The van der Waals surface area contributed by atoms with E-state index in [2.05, 4.69) is 13.8 Å². The van der Waals surface area contributed by atoms with Crippen molar-refractivity contribution in [2.75, 3.05) is 13.2 Å². The molecule has 0 aliphatic carbocycles. The van der Waals surface area contributed by atoms with Gasteiger partial charge in [-0.05, 0) is 5.56 Å². The van der Waals surface area contributed by atoms with E-state index in [-0.39, 0.29) is 0 Å². The molecule has 0 N–H and O–H groups in total. The van der Waals surface area contributed by atoms with Crippen molar-refractivity contribution in [3.05, 3.63) is 42.0 Å². The van der Waals surface area contributed by atoms with Gasteiger partial charge in [-0.25, -0.2) is 4.89 Å². The molecule has 3 nitrogen and oxygen atoms in total. The first-order valence-electron chi connectivity index (χ1n) is 5.89. The largest absolute Gasteiger partial charge is 0.340 e. The second-order valence-electron chi connectivity index (χ2n) is 4.44. The third kappa shape index (κ3) is 3.40. The summed E-state index contributed by atoms with van der Waals surface area (Å²) in [5, 5.41) is 0. The Balaban J connectivity index is 1.69. The standard InChI is InChI=1S/C14H18O3/c1-12(2)14(11-15-14)17-16-10-6-9-13-7-4-3-5-8-13/h3-9,12H,10-11H2,1-2H3. The van der Waals surface area contributed by atoms with Crippen LogP contribution in [0.4, 0.5) is 0 Å². The zero-order valence-electron chi connectivity index (χ0n) is 10.3. The highest BCUT2D eigenvalue weighted by Gasteiger charge is 2.51. The molecule has 2 rings (SSSR count). The maximum absolute atomic E-state index is 5.27. The van der Waals surface area contributed by atoms with E-state index in [0.29, 0.717) is 19.1 Å². The van der Waals surface area contributed by atoms with Crippen molar-refractivity contribution in [2.24, 2.45) is 5.92 Å². The quantitative estimate of drug-likeness (QED) is 0.328. The first-order valence-corrected chi connectivity index (χ1v) is 5.89. The molecule has 17 heavy (non-hydrogen) atoms. The van der Waals surface area contributed by atoms with Gasteiger partial charge in [-0.15, -0.1) is 0 Å². The van der Waals surface area contributed by atoms with E-state index in [1.807, 2.05) is 42.5 Å². The third-order valence-corrected chi connectivity index (χ3v) is 2.78. The smallest absolute Gasteiger partial charge is 0.227 e. The molecular formula is C14H18O3. The molecule has 0 spiro atoms. The van der Waals surface area contributed by atoms with Crippen LogP contribution in [0.15, 0.2) is 36.4 Å². The van der Waals surface area contributed by atoms with Gasteiger partial charge in [0.25, 0.3) is 0 Å². The highest BCUT2D eigenvalue weighted by atomic mass is 17.2. The van der Waals surface area contributed by atoms with Gasteiger partial charge in [-0.2, -0.15) is 4.89 Å². The summed E-state index contributed by atoms with van der Waals surface area (Å²) in [7, 11) is 0. The zero-order chi connectivity index (χ0) is 12.1. The molecule has 1 atom stereocenters. The van der Waals surface area contributed by atoms with Crippen molar-refractivity contribution in [1.29, 1.82) is 0 Å². The van der Waals surface area contributed by atoms with Gasteiger partial charge in [0, 0.05) is 5.92 Å². The number of rotatable bonds is 6. The molecule has 1 unspecified atom stereocenters. The maximum atomic E-state index is 5.27. The normalized spacial score (nSPS) is 23.5. The van der Waals surface area contributed by atoms with Crippen molar-refractivity contribution >= 4 is 6.08 Å². The predicted molar refractivity (Wildman–Crippen MR) is 66.0 cm³/mol. The van der Waals surface area contributed by atoms with Crippen LogP contribution in [0.5, 0.6) is 0 Å². The Kier molecular flexibility index (Phi) is 3.94. The molecule has 0 aromatic heterocycles. The topological polar surface area (TPSA) is 31.0 Å². The number of hydrogen-bond acceptors (Lipinski definition) is 3. The Bertz CT molecular complexity index is 366. The Hall–Kier alpha value is -1.16. The molecule has 1 fully saturated rings. The summed E-state index contributed by atoms with van der Waals surface area (Å²) < 4.78 is 5.25. The summed E-state index contributed by atoms with van der Waals surface area (Å²) in [6, 6.07) is 10.1. The fourth-order valence-corrected chi connectivity index (χ4v) is 1.47. The fraction of sp³-hybridized carbons (Fsp3) is 0.429. The molecular weight excluding hydrogens is 216 g/mol. The lowest BCUT2D eigenvalue weighted by atomic mass is 10.1. The van der Waals surface area contributed by atoms with Crippen LogP contribution in [-0.2, 0) is 14.5 Å². The molecule has 1 aromatic rings. The van der Waals surface area contributed by atoms with Crippen molar-refractivity contribution in [3.63, 3.8) is 0 Å². The molecule has 1 aliphatic heterocycles. The molecule has 0 saturated carbocycles. The van der Waals surface area contributed by atoms with Gasteiger partial charge in [-0.3, -0.25) is 0 Å². The van der Waals surface area contributed by atoms with Gasteiger partial charge in [0.15, 0.2) is 0 Å². The first kappa shape index (κ1) is 12.3. The highest BCUT2D eigenvalue weighted by molar-refractivity contribution is 5.48. The van der Waals surface area contributed by atoms with Crippen molar-refractivity contribution in [1.82, 2.24) is 0 Å². The van der Waals surface area contributed by atoms with E-state index in [4.69, 9.17) is 14.5 Å². The molecule has 3 heteroatoms. The number of hydrogen-bond donors (Lipinski definition) is 0. The summed E-state index contributed by atoms with van der Waals surface area (Å²) in [6.45, 7) is 5.14.